The van der Waals surface area contributed by atoms with Gasteiger partial charge in [0.1, 0.15) is 5.82 Å². The molecule has 1 aromatic heterocycles. The minimum absolute atomic E-state index is 0.838. The second-order valence-corrected chi connectivity index (χ2v) is 4.74. The third-order valence-electron chi connectivity index (χ3n) is 2.44. The average Bonchev–Trinajstić information content (AvgIpc) is 2.54. The van der Waals surface area contributed by atoms with E-state index in [1.165, 1.54) is 5.52 Å². The third-order valence-corrected chi connectivity index (χ3v) is 3.16. The van der Waals surface area contributed by atoms with Gasteiger partial charge >= 0.3 is 0 Å². The molecule has 2 rings (SSSR count). The van der Waals surface area contributed by atoms with Gasteiger partial charge in [0.2, 0.25) is 0 Å². The molecule has 0 bridgehead atoms. The number of aryl methyl sites for hydroxylation is 2. The van der Waals surface area contributed by atoms with Crippen molar-refractivity contribution < 1.29 is 0 Å². The topological polar surface area (TPSA) is 17.8 Å². The predicted molar refractivity (Wildman–Crippen MR) is 70.7 cm³/mol. The second kappa shape index (κ2) is 4.58. The molecule has 2 nitrogen and oxygen atoms in total. The molecule has 0 aliphatic heterocycles. The molecule has 1 aromatic carbocycles. The molecule has 0 unspecified atom stereocenters. The summed E-state index contributed by atoms with van der Waals surface area (Å²) in [5.74, 6) is 1.96. The minimum Gasteiger partial charge on any atom is -0.328 e. The number of halogens is 1. The molecular formula is C11H13BrN2S. The first-order valence-corrected chi connectivity index (χ1v) is 6.44. The first-order chi connectivity index (χ1) is 7.26. The van der Waals surface area contributed by atoms with Crippen molar-refractivity contribution in [1.29, 1.82) is 0 Å². The van der Waals surface area contributed by atoms with Gasteiger partial charge in [-0.3, -0.25) is 0 Å². The summed E-state index contributed by atoms with van der Waals surface area (Å²) in [4.78, 5) is 4.62. The lowest BCUT2D eigenvalue weighted by Crippen LogP contribution is -2.02. The van der Waals surface area contributed by atoms with E-state index in [9.17, 15) is 0 Å². The van der Waals surface area contributed by atoms with Crippen molar-refractivity contribution in [2.24, 2.45) is 0 Å². The van der Waals surface area contributed by atoms with Gasteiger partial charge in [-0.05, 0) is 30.9 Å². The largest absolute Gasteiger partial charge is 0.328 e. The van der Waals surface area contributed by atoms with Crippen LogP contribution < -0.4 is 0 Å². The number of nitrogens with zero attached hydrogens (tertiary/aromatic N) is 2. The Bertz CT molecular complexity index is 479. The van der Waals surface area contributed by atoms with Crippen molar-refractivity contribution in [2.75, 3.05) is 5.75 Å². The van der Waals surface area contributed by atoms with Gasteiger partial charge in [-0.25, -0.2) is 4.98 Å². The van der Waals surface area contributed by atoms with Gasteiger partial charge in [0.25, 0.3) is 0 Å². The Hall–Kier alpha value is -0.480. The zero-order valence-electron chi connectivity index (χ0n) is 8.57. The number of rotatable bonds is 3. The van der Waals surface area contributed by atoms with Gasteiger partial charge < -0.3 is 4.57 Å². The molecule has 0 saturated carbocycles. The smallest absolute Gasteiger partial charge is 0.110 e. The van der Waals surface area contributed by atoms with Crippen LogP contribution in [0.2, 0.25) is 0 Å². The van der Waals surface area contributed by atoms with Crippen LogP contribution in [0.5, 0.6) is 0 Å². The molecule has 80 valence electrons. The van der Waals surface area contributed by atoms with Crippen molar-refractivity contribution in [1.82, 2.24) is 9.55 Å². The molecule has 0 aliphatic rings. The highest BCUT2D eigenvalue weighted by Crippen LogP contribution is 2.21. The first kappa shape index (κ1) is 11.0. The Labute approximate surface area is 103 Å². The SMILES string of the molecule is CCn1c(CCS)nc2cc(Br)ccc21. The summed E-state index contributed by atoms with van der Waals surface area (Å²) in [7, 11) is 0. The summed E-state index contributed by atoms with van der Waals surface area (Å²) in [6, 6.07) is 6.22. The van der Waals surface area contributed by atoms with E-state index in [0.29, 0.717) is 0 Å². The molecule has 0 aliphatic carbocycles. The van der Waals surface area contributed by atoms with Gasteiger partial charge in [0.15, 0.2) is 0 Å². The van der Waals surface area contributed by atoms with E-state index in [1.54, 1.807) is 0 Å². The Morgan fingerprint density at radius 3 is 2.93 bits per heavy atom. The number of thiol groups is 1. The molecule has 0 fully saturated rings. The number of hydrogen-bond donors (Lipinski definition) is 1. The summed E-state index contributed by atoms with van der Waals surface area (Å²) in [5.41, 5.74) is 2.26. The molecule has 0 saturated heterocycles. The van der Waals surface area contributed by atoms with Gasteiger partial charge in [-0.1, -0.05) is 15.9 Å². The lowest BCUT2D eigenvalue weighted by atomic mass is 10.3. The van der Waals surface area contributed by atoms with Gasteiger partial charge in [-0.2, -0.15) is 12.6 Å². The van der Waals surface area contributed by atoms with Crippen LogP contribution in [0.25, 0.3) is 11.0 Å². The summed E-state index contributed by atoms with van der Waals surface area (Å²) >= 11 is 7.72. The highest BCUT2D eigenvalue weighted by atomic mass is 79.9. The average molecular weight is 285 g/mol. The van der Waals surface area contributed by atoms with E-state index >= 15 is 0 Å². The predicted octanol–water partition coefficient (Wildman–Crippen LogP) is 3.29. The quantitative estimate of drug-likeness (QED) is 0.857. The van der Waals surface area contributed by atoms with Crippen LogP contribution in [0.1, 0.15) is 12.7 Å². The maximum absolute atomic E-state index is 4.62. The van der Waals surface area contributed by atoms with E-state index in [0.717, 1.165) is 34.5 Å². The number of aromatic nitrogens is 2. The molecule has 2 aromatic rings. The monoisotopic (exact) mass is 284 g/mol. The lowest BCUT2D eigenvalue weighted by molar-refractivity contribution is 0.728. The van der Waals surface area contributed by atoms with E-state index in [2.05, 4.69) is 63.2 Å². The Morgan fingerprint density at radius 2 is 2.27 bits per heavy atom. The third kappa shape index (κ3) is 2.06. The van der Waals surface area contributed by atoms with E-state index in [1.807, 2.05) is 0 Å². The maximum Gasteiger partial charge on any atom is 0.110 e. The molecule has 0 N–H and O–H groups in total. The van der Waals surface area contributed by atoms with Crippen molar-refractivity contribution in [3.63, 3.8) is 0 Å². The molecular weight excluding hydrogens is 272 g/mol. The molecule has 0 spiro atoms. The maximum atomic E-state index is 4.62. The van der Waals surface area contributed by atoms with Gasteiger partial charge in [0.05, 0.1) is 11.0 Å². The molecule has 4 heteroatoms. The zero-order valence-corrected chi connectivity index (χ0v) is 11.1. The van der Waals surface area contributed by atoms with Crippen molar-refractivity contribution in [3.8, 4) is 0 Å². The fraction of sp³-hybridized carbons (Fsp3) is 0.364. The first-order valence-electron chi connectivity index (χ1n) is 5.01. The Morgan fingerprint density at radius 1 is 1.47 bits per heavy atom. The molecule has 15 heavy (non-hydrogen) atoms. The number of fused-ring (bicyclic) bond motifs is 1. The fourth-order valence-electron chi connectivity index (χ4n) is 1.80. The lowest BCUT2D eigenvalue weighted by Gasteiger charge is -2.03. The van der Waals surface area contributed by atoms with Crippen molar-refractivity contribution >= 4 is 39.6 Å². The normalized spacial score (nSPS) is 11.1. The molecule has 0 atom stereocenters. The number of hydrogen-bond acceptors (Lipinski definition) is 2. The number of benzene rings is 1. The van der Waals surface area contributed by atoms with Crippen LogP contribution in [0.3, 0.4) is 0 Å². The van der Waals surface area contributed by atoms with Crippen LogP contribution in [0, 0.1) is 0 Å². The van der Waals surface area contributed by atoms with E-state index < -0.39 is 0 Å². The molecule has 1 heterocycles. The van der Waals surface area contributed by atoms with Gasteiger partial charge in [-0.15, -0.1) is 0 Å². The second-order valence-electron chi connectivity index (χ2n) is 3.38. The van der Waals surface area contributed by atoms with Crippen LogP contribution in [0.4, 0.5) is 0 Å². The van der Waals surface area contributed by atoms with Crippen LogP contribution in [-0.2, 0) is 13.0 Å². The fourth-order valence-corrected chi connectivity index (χ4v) is 2.35. The highest BCUT2D eigenvalue weighted by Gasteiger charge is 2.08. The molecule has 0 amide bonds. The Balaban J connectivity index is 2.62. The zero-order chi connectivity index (χ0) is 10.8. The van der Waals surface area contributed by atoms with Crippen molar-refractivity contribution in [2.45, 2.75) is 19.9 Å². The Kier molecular flexibility index (Phi) is 3.36. The van der Waals surface area contributed by atoms with E-state index in [-0.39, 0.29) is 0 Å². The minimum atomic E-state index is 0.838. The summed E-state index contributed by atoms with van der Waals surface area (Å²) in [6.45, 7) is 3.10. The highest BCUT2D eigenvalue weighted by molar-refractivity contribution is 9.10. The summed E-state index contributed by atoms with van der Waals surface area (Å²) in [5, 5.41) is 0. The summed E-state index contributed by atoms with van der Waals surface area (Å²) in [6.07, 6.45) is 0.920. The standard InChI is InChI=1S/C11H13BrN2S/c1-2-14-10-4-3-8(12)7-9(10)13-11(14)5-6-15/h3-4,7,15H,2,5-6H2,1H3. The van der Waals surface area contributed by atoms with Crippen LogP contribution >= 0.6 is 28.6 Å². The van der Waals surface area contributed by atoms with Crippen molar-refractivity contribution in [3.05, 3.63) is 28.5 Å². The molecule has 0 radical (unpaired) electrons. The van der Waals surface area contributed by atoms with Gasteiger partial charge in [0, 0.05) is 17.4 Å². The van der Waals surface area contributed by atoms with Crippen LogP contribution in [-0.4, -0.2) is 15.3 Å². The summed E-state index contributed by atoms with van der Waals surface area (Å²) < 4.78 is 3.33. The van der Waals surface area contributed by atoms with Crippen LogP contribution in [0.15, 0.2) is 22.7 Å². The van der Waals surface area contributed by atoms with E-state index in [4.69, 9.17) is 0 Å². The number of imidazole rings is 1.